The summed E-state index contributed by atoms with van der Waals surface area (Å²) in [5, 5.41) is 21.6. The highest BCUT2D eigenvalue weighted by Gasteiger charge is 2.41. The molecule has 232 valence electrons. The Bertz CT molecular complexity index is 814. The van der Waals surface area contributed by atoms with Crippen LogP contribution in [0.25, 0.3) is 0 Å². The number of thioether (sulfide) groups is 1. The molecule has 2 N–H and O–H groups in total. The van der Waals surface area contributed by atoms with Gasteiger partial charge in [-0.25, -0.2) is 0 Å². The van der Waals surface area contributed by atoms with Gasteiger partial charge in [0.15, 0.2) is 0 Å². The number of aliphatic carboxylic acids is 1. The lowest BCUT2D eigenvalue weighted by atomic mass is 9.76. The maximum absolute atomic E-state index is 12.8. The average molecular weight is 577 g/mol. The van der Waals surface area contributed by atoms with Crippen molar-refractivity contribution in [1.82, 2.24) is 0 Å². The van der Waals surface area contributed by atoms with Crippen LogP contribution in [0, 0.1) is 0 Å². The molecule has 1 rings (SSSR count). The fraction of sp³-hybridized carbons (Fsp3) is 0.806. The van der Waals surface area contributed by atoms with E-state index in [-0.39, 0.29) is 10.8 Å². The van der Waals surface area contributed by atoms with Gasteiger partial charge in [0.2, 0.25) is 0 Å². The number of phenolic OH excluding ortho intramolecular Hbond substituents is 1. The fourth-order valence-electron chi connectivity index (χ4n) is 5.63. The zero-order chi connectivity index (χ0) is 30.2. The minimum Gasteiger partial charge on any atom is -0.507 e. The zero-order valence-electron chi connectivity index (χ0n) is 27.6. The van der Waals surface area contributed by atoms with E-state index in [0.717, 1.165) is 28.9 Å². The lowest BCUT2D eigenvalue weighted by Crippen LogP contribution is -2.33. The van der Waals surface area contributed by atoms with E-state index < -0.39 is 10.7 Å². The summed E-state index contributed by atoms with van der Waals surface area (Å²) in [6, 6.07) is 3.92. The summed E-state index contributed by atoms with van der Waals surface area (Å²) >= 11 is 1.58. The molecule has 1 unspecified atom stereocenters. The van der Waals surface area contributed by atoms with E-state index in [1.807, 2.05) is 19.1 Å². The Balaban J connectivity index is 2.52. The number of carboxylic acid groups (broad SMARTS) is 1. The van der Waals surface area contributed by atoms with Crippen molar-refractivity contribution in [2.75, 3.05) is 5.75 Å². The highest BCUT2D eigenvalue weighted by atomic mass is 32.2. The van der Waals surface area contributed by atoms with E-state index in [0.29, 0.717) is 12.2 Å². The SMILES string of the molecule is CCCCCCCCCCCCCCCCCCSC(CC)(C(=O)O)c1cc(C(C)(C)C)c(O)c(C(C)(C)C)c1. The van der Waals surface area contributed by atoms with Gasteiger partial charge in [0.05, 0.1) is 0 Å². The molecular formula is C36H64O3S. The smallest absolute Gasteiger partial charge is 0.324 e. The number of hydrogen-bond acceptors (Lipinski definition) is 3. The minimum atomic E-state index is -0.997. The van der Waals surface area contributed by atoms with E-state index in [2.05, 4.69) is 48.5 Å². The Morgan fingerprint density at radius 3 is 1.30 bits per heavy atom. The van der Waals surface area contributed by atoms with Gasteiger partial charge >= 0.3 is 5.97 Å². The molecule has 0 heterocycles. The normalized spacial score (nSPS) is 13.9. The number of carbonyl (C=O) groups is 1. The van der Waals surface area contributed by atoms with Crippen LogP contribution in [0.2, 0.25) is 0 Å². The van der Waals surface area contributed by atoms with Crippen LogP contribution in [0.3, 0.4) is 0 Å². The Labute approximate surface area is 252 Å². The monoisotopic (exact) mass is 576 g/mol. The highest BCUT2D eigenvalue weighted by molar-refractivity contribution is 8.00. The van der Waals surface area contributed by atoms with Crippen LogP contribution < -0.4 is 0 Å². The van der Waals surface area contributed by atoms with Crippen LogP contribution in [-0.2, 0) is 20.4 Å². The molecule has 0 spiro atoms. The van der Waals surface area contributed by atoms with Gasteiger partial charge in [-0.05, 0) is 58.2 Å². The van der Waals surface area contributed by atoms with Gasteiger partial charge in [-0.1, -0.05) is 152 Å². The molecule has 1 aromatic carbocycles. The molecule has 0 amide bonds. The van der Waals surface area contributed by atoms with Crippen molar-refractivity contribution in [2.45, 2.75) is 180 Å². The minimum absolute atomic E-state index is 0.281. The molecule has 0 bridgehead atoms. The molecule has 40 heavy (non-hydrogen) atoms. The first-order chi connectivity index (χ1) is 18.8. The molecule has 0 aliphatic heterocycles. The van der Waals surface area contributed by atoms with Gasteiger partial charge < -0.3 is 10.2 Å². The maximum Gasteiger partial charge on any atom is 0.324 e. The third kappa shape index (κ3) is 12.4. The Morgan fingerprint density at radius 1 is 0.650 bits per heavy atom. The van der Waals surface area contributed by atoms with E-state index in [9.17, 15) is 15.0 Å². The number of benzene rings is 1. The standard InChI is InChI=1S/C36H64O3S/c1-9-11-12-13-14-15-16-17-18-19-20-21-22-23-24-25-26-40-36(10-2,33(38)39)29-27-30(34(3,4)5)32(37)31(28-29)35(6,7)8/h27-28,37H,9-26H2,1-8H3,(H,38,39). The van der Waals surface area contributed by atoms with Crippen molar-refractivity contribution in [3.05, 3.63) is 28.8 Å². The molecule has 0 aliphatic carbocycles. The number of unbranched alkanes of at least 4 members (excludes halogenated alkanes) is 15. The number of phenols is 1. The van der Waals surface area contributed by atoms with Crippen LogP contribution in [-0.4, -0.2) is 21.9 Å². The lowest BCUT2D eigenvalue weighted by molar-refractivity contribution is -0.140. The topological polar surface area (TPSA) is 57.5 Å². The molecule has 0 aliphatic rings. The predicted molar refractivity (Wildman–Crippen MR) is 177 cm³/mol. The van der Waals surface area contributed by atoms with Crippen molar-refractivity contribution in [3.63, 3.8) is 0 Å². The number of rotatable bonds is 21. The van der Waals surface area contributed by atoms with Gasteiger partial charge in [0, 0.05) is 0 Å². The van der Waals surface area contributed by atoms with E-state index in [1.54, 1.807) is 11.8 Å². The zero-order valence-corrected chi connectivity index (χ0v) is 28.4. The second-order valence-electron chi connectivity index (χ2n) is 14.1. The van der Waals surface area contributed by atoms with Crippen molar-refractivity contribution >= 4 is 17.7 Å². The van der Waals surface area contributed by atoms with Gasteiger partial charge in [0.25, 0.3) is 0 Å². The maximum atomic E-state index is 12.8. The first-order valence-corrected chi connectivity index (χ1v) is 17.6. The highest BCUT2D eigenvalue weighted by Crippen LogP contribution is 2.47. The molecule has 0 aromatic heterocycles. The molecule has 0 radical (unpaired) electrons. The second-order valence-corrected chi connectivity index (χ2v) is 15.5. The van der Waals surface area contributed by atoms with Gasteiger partial charge in [-0.3, -0.25) is 4.79 Å². The summed E-state index contributed by atoms with van der Waals surface area (Å²) in [6.07, 6.45) is 22.0. The summed E-state index contributed by atoms with van der Waals surface area (Å²) in [6.45, 7) is 16.7. The van der Waals surface area contributed by atoms with Crippen molar-refractivity contribution in [2.24, 2.45) is 0 Å². The first kappa shape index (κ1) is 36.9. The number of aromatic hydroxyl groups is 1. The fourth-order valence-corrected chi connectivity index (χ4v) is 6.94. The Morgan fingerprint density at radius 2 is 1.00 bits per heavy atom. The molecule has 0 saturated heterocycles. The van der Waals surface area contributed by atoms with E-state index in [1.165, 1.54) is 96.3 Å². The summed E-state index contributed by atoms with van der Waals surface area (Å²) in [7, 11) is 0. The largest absolute Gasteiger partial charge is 0.507 e. The predicted octanol–water partition coefficient (Wildman–Crippen LogP) is 11.7. The summed E-state index contributed by atoms with van der Waals surface area (Å²) < 4.78 is -0.997. The first-order valence-electron chi connectivity index (χ1n) is 16.6. The lowest BCUT2D eigenvalue weighted by Gasteiger charge is -2.34. The van der Waals surface area contributed by atoms with Gasteiger partial charge in [-0.2, -0.15) is 0 Å². The third-order valence-electron chi connectivity index (χ3n) is 8.38. The van der Waals surface area contributed by atoms with Gasteiger partial charge in [0.1, 0.15) is 10.5 Å². The van der Waals surface area contributed by atoms with E-state index >= 15 is 0 Å². The van der Waals surface area contributed by atoms with Crippen LogP contribution in [0.15, 0.2) is 12.1 Å². The summed E-state index contributed by atoms with van der Waals surface area (Å²) in [4.78, 5) is 12.8. The quantitative estimate of drug-likeness (QED) is 0.143. The van der Waals surface area contributed by atoms with Crippen molar-refractivity contribution in [1.29, 1.82) is 0 Å². The van der Waals surface area contributed by atoms with Crippen molar-refractivity contribution < 1.29 is 15.0 Å². The molecule has 0 fully saturated rings. The van der Waals surface area contributed by atoms with E-state index in [4.69, 9.17) is 0 Å². The third-order valence-corrected chi connectivity index (χ3v) is 10.1. The Hall–Kier alpha value is -1.16. The molecular weight excluding hydrogens is 512 g/mol. The molecule has 1 atom stereocenters. The Kier molecular flexibility index (Phi) is 17.0. The van der Waals surface area contributed by atoms with Crippen LogP contribution in [0.1, 0.15) is 181 Å². The van der Waals surface area contributed by atoms with Crippen LogP contribution >= 0.6 is 11.8 Å². The average Bonchev–Trinajstić information content (AvgIpc) is 2.87. The van der Waals surface area contributed by atoms with Crippen LogP contribution in [0.5, 0.6) is 5.75 Å². The molecule has 4 heteroatoms. The number of carboxylic acids is 1. The van der Waals surface area contributed by atoms with Crippen LogP contribution in [0.4, 0.5) is 0 Å². The molecule has 3 nitrogen and oxygen atoms in total. The molecule has 0 saturated carbocycles. The number of hydrogen-bond donors (Lipinski definition) is 2. The molecule has 1 aromatic rings. The van der Waals surface area contributed by atoms with Crippen molar-refractivity contribution in [3.8, 4) is 5.75 Å². The van der Waals surface area contributed by atoms with Gasteiger partial charge in [-0.15, -0.1) is 11.8 Å². The second kappa shape index (κ2) is 18.4. The summed E-state index contributed by atoms with van der Waals surface area (Å²) in [5.74, 6) is 0.374. The summed E-state index contributed by atoms with van der Waals surface area (Å²) in [5.41, 5.74) is 1.92.